The average molecular weight is 374 g/mol. The minimum atomic E-state index is 0.0660. The lowest BCUT2D eigenvalue weighted by Crippen LogP contribution is -2.12. The minimum absolute atomic E-state index is 0.0660. The number of hydrogen-bond donors (Lipinski definition) is 1. The summed E-state index contributed by atoms with van der Waals surface area (Å²) in [6.45, 7) is 6.67. The zero-order valence-corrected chi connectivity index (χ0v) is 16.6. The van der Waals surface area contributed by atoms with Crippen LogP contribution in [0.2, 0.25) is 0 Å². The fraction of sp³-hybridized carbons (Fsp3) is 0.250. The van der Waals surface area contributed by atoms with E-state index in [0.717, 1.165) is 22.6 Å². The molecule has 144 valence electrons. The standard InChI is InChI=1S/C24H26N2O2/c1-4-28-21-11-9-19(10-12-21)23(22-8-6-5-7-17(22)2)16-24(26-27)20-13-14-25-18(3)15-20/h5-15,23,27H,4,16H2,1-3H3. The third kappa shape index (κ3) is 4.58. The molecule has 1 unspecified atom stereocenters. The summed E-state index contributed by atoms with van der Waals surface area (Å²) in [5.41, 5.74) is 6.02. The Hall–Kier alpha value is -3.14. The van der Waals surface area contributed by atoms with Crippen molar-refractivity contribution in [2.45, 2.75) is 33.1 Å². The Balaban J connectivity index is 2.00. The van der Waals surface area contributed by atoms with Crippen molar-refractivity contribution in [1.29, 1.82) is 0 Å². The van der Waals surface area contributed by atoms with E-state index in [9.17, 15) is 5.21 Å². The third-order valence-corrected chi connectivity index (χ3v) is 4.91. The zero-order chi connectivity index (χ0) is 19.9. The van der Waals surface area contributed by atoms with Gasteiger partial charge in [0.15, 0.2) is 0 Å². The molecule has 0 aliphatic rings. The summed E-state index contributed by atoms with van der Waals surface area (Å²) in [7, 11) is 0. The van der Waals surface area contributed by atoms with Crippen LogP contribution in [0.25, 0.3) is 0 Å². The van der Waals surface area contributed by atoms with E-state index < -0.39 is 0 Å². The number of ether oxygens (including phenoxy) is 1. The Kier molecular flexibility index (Phi) is 6.43. The van der Waals surface area contributed by atoms with Gasteiger partial charge >= 0.3 is 0 Å². The molecule has 1 aromatic heterocycles. The van der Waals surface area contributed by atoms with Crippen molar-refractivity contribution in [3.63, 3.8) is 0 Å². The second-order valence-corrected chi connectivity index (χ2v) is 6.85. The lowest BCUT2D eigenvalue weighted by atomic mass is 9.83. The molecule has 0 bridgehead atoms. The third-order valence-electron chi connectivity index (χ3n) is 4.91. The molecule has 1 atom stereocenters. The molecule has 0 radical (unpaired) electrons. The van der Waals surface area contributed by atoms with E-state index in [4.69, 9.17) is 4.74 Å². The first-order valence-electron chi connectivity index (χ1n) is 9.54. The summed E-state index contributed by atoms with van der Waals surface area (Å²) in [4.78, 5) is 4.24. The minimum Gasteiger partial charge on any atom is -0.494 e. The van der Waals surface area contributed by atoms with Gasteiger partial charge in [0.25, 0.3) is 0 Å². The Morgan fingerprint density at radius 1 is 1.07 bits per heavy atom. The summed E-state index contributed by atoms with van der Waals surface area (Å²) in [6, 6.07) is 20.4. The average Bonchev–Trinajstić information content (AvgIpc) is 2.71. The molecule has 2 aromatic carbocycles. The molecule has 1 heterocycles. The topological polar surface area (TPSA) is 54.7 Å². The Morgan fingerprint density at radius 2 is 1.82 bits per heavy atom. The summed E-state index contributed by atoms with van der Waals surface area (Å²) in [5, 5.41) is 13.4. The van der Waals surface area contributed by atoms with Gasteiger partial charge in [-0.05, 0) is 61.7 Å². The molecule has 0 aliphatic carbocycles. The fourth-order valence-corrected chi connectivity index (χ4v) is 3.48. The molecule has 4 heteroatoms. The Morgan fingerprint density at radius 3 is 2.46 bits per heavy atom. The normalized spacial score (nSPS) is 12.6. The van der Waals surface area contributed by atoms with Gasteiger partial charge in [-0.25, -0.2) is 0 Å². The molecular formula is C24H26N2O2. The molecule has 3 rings (SSSR count). The molecular weight excluding hydrogens is 348 g/mol. The van der Waals surface area contributed by atoms with Crippen LogP contribution in [-0.2, 0) is 0 Å². The number of hydrogen-bond acceptors (Lipinski definition) is 4. The Bertz CT molecular complexity index is 949. The number of pyridine rings is 1. The van der Waals surface area contributed by atoms with Crippen molar-refractivity contribution in [2.24, 2.45) is 5.16 Å². The van der Waals surface area contributed by atoms with Gasteiger partial charge in [-0.3, -0.25) is 4.98 Å². The maximum atomic E-state index is 9.74. The van der Waals surface area contributed by atoms with Crippen LogP contribution >= 0.6 is 0 Å². The first kappa shape index (κ1) is 19.6. The van der Waals surface area contributed by atoms with Gasteiger partial charge in [-0.1, -0.05) is 41.6 Å². The van der Waals surface area contributed by atoms with E-state index in [1.54, 1.807) is 6.20 Å². The first-order valence-corrected chi connectivity index (χ1v) is 9.54. The van der Waals surface area contributed by atoms with Crippen LogP contribution in [0.5, 0.6) is 5.75 Å². The smallest absolute Gasteiger partial charge is 0.119 e. The molecule has 28 heavy (non-hydrogen) atoms. The van der Waals surface area contributed by atoms with Crippen LogP contribution in [0.15, 0.2) is 72.0 Å². The maximum absolute atomic E-state index is 9.74. The number of nitrogens with zero attached hydrogens (tertiary/aromatic N) is 2. The molecule has 0 saturated heterocycles. The quantitative estimate of drug-likeness (QED) is 0.338. The summed E-state index contributed by atoms with van der Waals surface area (Å²) >= 11 is 0. The van der Waals surface area contributed by atoms with Gasteiger partial charge in [0.2, 0.25) is 0 Å². The van der Waals surface area contributed by atoms with Gasteiger partial charge in [0.1, 0.15) is 5.75 Å². The van der Waals surface area contributed by atoms with Crippen LogP contribution in [0, 0.1) is 13.8 Å². The van der Waals surface area contributed by atoms with Crippen molar-refractivity contribution >= 4 is 5.71 Å². The molecule has 0 aliphatic heterocycles. The molecule has 0 fully saturated rings. The van der Waals surface area contributed by atoms with Gasteiger partial charge in [-0.15, -0.1) is 0 Å². The maximum Gasteiger partial charge on any atom is 0.119 e. The largest absolute Gasteiger partial charge is 0.494 e. The molecule has 3 aromatic rings. The number of aryl methyl sites for hydroxylation is 2. The predicted molar refractivity (Wildman–Crippen MR) is 113 cm³/mol. The highest BCUT2D eigenvalue weighted by atomic mass is 16.5. The van der Waals surface area contributed by atoms with Crippen LogP contribution in [0.4, 0.5) is 0 Å². The molecule has 0 spiro atoms. The second-order valence-electron chi connectivity index (χ2n) is 6.85. The van der Waals surface area contributed by atoms with Gasteiger partial charge < -0.3 is 9.94 Å². The van der Waals surface area contributed by atoms with Crippen molar-refractivity contribution < 1.29 is 9.94 Å². The molecule has 4 nitrogen and oxygen atoms in total. The highest BCUT2D eigenvalue weighted by Gasteiger charge is 2.20. The van der Waals surface area contributed by atoms with Crippen LogP contribution < -0.4 is 4.74 Å². The second kappa shape index (κ2) is 9.18. The molecule has 1 N–H and O–H groups in total. The van der Waals surface area contributed by atoms with Crippen LogP contribution in [0.3, 0.4) is 0 Å². The van der Waals surface area contributed by atoms with E-state index in [1.807, 2.05) is 44.2 Å². The summed E-state index contributed by atoms with van der Waals surface area (Å²) in [5.74, 6) is 0.923. The van der Waals surface area contributed by atoms with Crippen LogP contribution in [0.1, 0.15) is 47.2 Å². The van der Waals surface area contributed by atoms with E-state index in [0.29, 0.717) is 18.7 Å². The molecule has 0 amide bonds. The number of aromatic nitrogens is 1. The fourth-order valence-electron chi connectivity index (χ4n) is 3.48. The first-order chi connectivity index (χ1) is 13.6. The number of rotatable bonds is 7. The van der Waals surface area contributed by atoms with E-state index in [1.165, 1.54) is 11.1 Å². The lowest BCUT2D eigenvalue weighted by Gasteiger charge is -2.21. The SMILES string of the molecule is CCOc1ccc(C(CC(=NO)c2ccnc(C)c2)c2ccccc2C)cc1. The molecule has 0 saturated carbocycles. The van der Waals surface area contributed by atoms with E-state index >= 15 is 0 Å². The van der Waals surface area contributed by atoms with Crippen molar-refractivity contribution in [3.05, 3.63) is 94.8 Å². The highest BCUT2D eigenvalue weighted by Crippen LogP contribution is 2.33. The number of oxime groups is 1. The monoisotopic (exact) mass is 374 g/mol. The predicted octanol–water partition coefficient (Wildman–Crippen LogP) is 5.50. The lowest BCUT2D eigenvalue weighted by molar-refractivity contribution is 0.317. The Labute approximate surface area is 166 Å². The summed E-state index contributed by atoms with van der Waals surface area (Å²) in [6.07, 6.45) is 2.33. The van der Waals surface area contributed by atoms with Crippen molar-refractivity contribution in [3.8, 4) is 5.75 Å². The highest BCUT2D eigenvalue weighted by molar-refractivity contribution is 6.00. The van der Waals surface area contributed by atoms with Gasteiger partial charge in [0.05, 0.1) is 12.3 Å². The van der Waals surface area contributed by atoms with Gasteiger partial charge in [-0.2, -0.15) is 0 Å². The van der Waals surface area contributed by atoms with Crippen molar-refractivity contribution in [1.82, 2.24) is 4.98 Å². The van der Waals surface area contributed by atoms with E-state index in [2.05, 4.69) is 47.4 Å². The van der Waals surface area contributed by atoms with Gasteiger partial charge in [0, 0.05) is 29.8 Å². The number of benzene rings is 2. The summed E-state index contributed by atoms with van der Waals surface area (Å²) < 4.78 is 5.58. The van der Waals surface area contributed by atoms with Crippen LogP contribution in [-0.4, -0.2) is 22.5 Å². The van der Waals surface area contributed by atoms with E-state index in [-0.39, 0.29) is 5.92 Å². The zero-order valence-electron chi connectivity index (χ0n) is 16.6. The van der Waals surface area contributed by atoms with Crippen molar-refractivity contribution in [2.75, 3.05) is 6.61 Å².